The normalized spacial score (nSPS) is 32.5. The molecule has 0 amide bonds. The van der Waals surface area contributed by atoms with Crippen molar-refractivity contribution in [1.29, 1.82) is 0 Å². The zero-order chi connectivity index (χ0) is 27.7. The van der Waals surface area contributed by atoms with Crippen LogP contribution < -0.4 is 0 Å². The Hall–Kier alpha value is -0.956. The van der Waals surface area contributed by atoms with Crippen LogP contribution >= 0.6 is 0 Å². The zero-order valence-electron chi connectivity index (χ0n) is 25.5. The van der Waals surface area contributed by atoms with E-state index in [0.29, 0.717) is 18.9 Å². The standard InChI is InChI=1S/C31H52O4Si2/c1-28(2,3)36(8,9)33-20-19-31-22(21-23-24(32)13-12-14-25(23)34-31)17-18-30(7)26(31)15-16-27(30)35-37(10,11)29(4,5)6/h17-18,21,26-27H,12-16,19-20H2,1-11H3/t26-,27+,30+,31-/m1/s1. The molecule has 6 heteroatoms. The maximum atomic E-state index is 12.8. The third-order valence-corrected chi connectivity index (χ3v) is 19.9. The second kappa shape index (κ2) is 9.31. The topological polar surface area (TPSA) is 44.8 Å². The minimum atomic E-state index is -1.93. The molecule has 208 valence electrons. The van der Waals surface area contributed by atoms with Gasteiger partial charge in [0.2, 0.25) is 0 Å². The van der Waals surface area contributed by atoms with E-state index in [2.05, 4.69) is 92.9 Å². The largest absolute Gasteiger partial charge is 0.486 e. The average Bonchev–Trinajstić information content (AvgIpc) is 3.08. The first-order valence-corrected chi connectivity index (χ1v) is 20.3. The molecule has 0 radical (unpaired) electrons. The molecule has 1 fully saturated rings. The van der Waals surface area contributed by atoms with Crippen LogP contribution in [0.15, 0.2) is 35.1 Å². The summed E-state index contributed by atoms with van der Waals surface area (Å²) in [6, 6.07) is 0. The summed E-state index contributed by atoms with van der Waals surface area (Å²) in [6.45, 7) is 26.3. The molecule has 37 heavy (non-hydrogen) atoms. The van der Waals surface area contributed by atoms with Crippen molar-refractivity contribution in [3.63, 3.8) is 0 Å². The third kappa shape index (κ3) is 4.94. The molecule has 4 atom stereocenters. The molecular weight excluding hydrogens is 493 g/mol. The maximum absolute atomic E-state index is 12.8. The zero-order valence-corrected chi connectivity index (χ0v) is 27.5. The molecule has 0 aromatic rings. The van der Waals surface area contributed by atoms with Crippen molar-refractivity contribution >= 4 is 22.4 Å². The van der Waals surface area contributed by atoms with Crippen LogP contribution in [0.3, 0.4) is 0 Å². The summed E-state index contributed by atoms with van der Waals surface area (Å²) in [5.74, 6) is 1.44. The van der Waals surface area contributed by atoms with Gasteiger partial charge in [0.15, 0.2) is 22.4 Å². The molecule has 0 saturated heterocycles. The smallest absolute Gasteiger partial charge is 0.192 e. The molecule has 3 aliphatic carbocycles. The van der Waals surface area contributed by atoms with Crippen LogP contribution in [0.4, 0.5) is 0 Å². The molecule has 4 aliphatic rings. The number of carbonyl (C=O) groups is 1. The van der Waals surface area contributed by atoms with Crippen LogP contribution in [0, 0.1) is 11.3 Å². The fourth-order valence-corrected chi connectivity index (χ4v) is 8.76. The van der Waals surface area contributed by atoms with E-state index in [1.165, 1.54) is 0 Å². The lowest BCUT2D eigenvalue weighted by molar-refractivity contribution is -0.118. The average molecular weight is 545 g/mol. The Morgan fingerprint density at radius 3 is 2.27 bits per heavy atom. The Balaban J connectivity index is 1.70. The Kier molecular flexibility index (Phi) is 7.31. The highest BCUT2D eigenvalue weighted by Crippen LogP contribution is 2.61. The summed E-state index contributed by atoms with van der Waals surface area (Å²) in [5.41, 5.74) is 1.40. The Morgan fingerprint density at radius 2 is 1.65 bits per heavy atom. The van der Waals surface area contributed by atoms with Crippen molar-refractivity contribution in [2.75, 3.05) is 6.61 Å². The first-order chi connectivity index (χ1) is 16.8. The van der Waals surface area contributed by atoms with Gasteiger partial charge in [-0.05, 0) is 67.2 Å². The van der Waals surface area contributed by atoms with E-state index in [-0.39, 0.29) is 27.4 Å². The number of carbonyl (C=O) groups excluding carboxylic acids is 1. The van der Waals surface area contributed by atoms with Gasteiger partial charge >= 0.3 is 0 Å². The van der Waals surface area contributed by atoms with E-state index < -0.39 is 22.2 Å². The van der Waals surface area contributed by atoms with E-state index in [9.17, 15) is 4.79 Å². The first kappa shape index (κ1) is 29.0. The van der Waals surface area contributed by atoms with Crippen molar-refractivity contribution in [2.24, 2.45) is 11.3 Å². The minimum absolute atomic E-state index is 0.111. The predicted molar refractivity (Wildman–Crippen MR) is 158 cm³/mol. The van der Waals surface area contributed by atoms with Gasteiger partial charge in [0.25, 0.3) is 0 Å². The van der Waals surface area contributed by atoms with Crippen LogP contribution in [0.1, 0.15) is 87.0 Å². The van der Waals surface area contributed by atoms with Crippen molar-refractivity contribution in [3.8, 4) is 0 Å². The minimum Gasteiger partial charge on any atom is -0.486 e. The highest BCUT2D eigenvalue weighted by atomic mass is 28.4. The van der Waals surface area contributed by atoms with Crippen molar-refractivity contribution in [1.82, 2.24) is 0 Å². The molecular formula is C31H52O4Si2. The molecule has 0 aromatic carbocycles. The number of fused-ring (bicyclic) bond motifs is 3. The molecule has 0 spiro atoms. The lowest BCUT2D eigenvalue weighted by Crippen LogP contribution is -2.55. The van der Waals surface area contributed by atoms with E-state index in [4.69, 9.17) is 13.6 Å². The van der Waals surface area contributed by atoms with Gasteiger partial charge in [0.1, 0.15) is 11.4 Å². The summed E-state index contributed by atoms with van der Waals surface area (Å²) in [4.78, 5) is 12.8. The Morgan fingerprint density at radius 1 is 1.00 bits per heavy atom. The highest BCUT2D eigenvalue weighted by molar-refractivity contribution is 6.74. The number of hydrogen-bond acceptors (Lipinski definition) is 4. The number of hydrogen-bond donors (Lipinski definition) is 0. The number of allylic oxidation sites excluding steroid dienone is 3. The van der Waals surface area contributed by atoms with Crippen molar-refractivity contribution in [2.45, 2.75) is 135 Å². The quantitative estimate of drug-likeness (QED) is 0.315. The monoisotopic (exact) mass is 544 g/mol. The summed E-state index contributed by atoms with van der Waals surface area (Å²) < 4.78 is 20.9. The second-order valence-electron chi connectivity index (χ2n) is 15.3. The summed E-state index contributed by atoms with van der Waals surface area (Å²) >= 11 is 0. The van der Waals surface area contributed by atoms with Gasteiger partial charge in [-0.3, -0.25) is 4.79 Å². The summed E-state index contributed by atoms with van der Waals surface area (Å²) in [6.07, 6.45) is 12.3. The van der Waals surface area contributed by atoms with Crippen LogP contribution in [0.2, 0.25) is 36.3 Å². The van der Waals surface area contributed by atoms with Gasteiger partial charge in [-0.15, -0.1) is 0 Å². The molecule has 1 heterocycles. The van der Waals surface area contributed by atoms with E-state index in [1.807, 2.05) is 0 Å². The van der Waals surface area contributed by atoms with Gasteiger partial charge in [0, 0.05) is 37.2 Å². The Bertz CT molecular complexity index is 1020. The van der Waals surface area contributed by atoms with Gasteiger partial charge in [-0.2, -0.15) is 0 Å². The van der Waals surface area contributed by atoms with E-state index in [1.54, 1.807) is 0 Å². The molecule has 4 rings (SSSR count). The second-order valence-corrected chi connectivity index (χ2v) is 24.8. The highest BCUT2D eigenvalue weighted by Gasteiger charge is 2.61. The molecule has 0 aromatic heterocycles. The van der Waals surface area contributed by atoms with Crippen molar-refractivity contribution in [3.05, 3.63) is 35.1 Å². The third-order valence-electron chi connectivity index (χ3n) is 10.8. The van der Waals surface area contributed by atoms with Crippen LogP contribution in [0.25, 0.3) is 0 Å². The number of rotatable bonds is 6. The fourth-order valence-electron chi connectivity index (χ4n) is 6.27. The van der Waals surface area contributed by atoms with E-state index >= 15 is 0 Å². The lowest BCUT2D eigenvalue weighted by atomic mass is 9.61. The maximum Gasteiger partial charge on any atom is 0.192 e. The predicted octanol–water partition coefficient (Wildman–Crippen LogP) is 8.48. The van der Waals surface area contributed by atoms with Crippen LogP contribution in [0.5, 0.6) is 0 Å². The fraction of sp³-hybridized carbons (Fsp3) is 0.774. The number of ether oxygens (including phenoxy) is 1. The number of Topliss-reactive ketones (excluding diaryl/α,β-unsaturated/α-hetero) is 1. The first-order valence-electron chi connectivity index (χ1n) is 14.5. The molecule has 0 bridgehead atoms. The molecule has 4 nitrogen and oxygen atoms in total. The number of ketones is 1. The molecule has 1 aliphatic heterocycles. The van der Waals surface area contributed by atoms with Crippen LogP contribution in [-0.4, -0.2) is 40.7 Å². The van der Waals surface area contributed by atoms with Gasteiger partial charge in [0.05, 0.1) is 11.7 Å². The summed E-state index contributed by atoms with van der Waals surface area (Å²) in [7, 11) is -3.82. The lowest BCUT2D eigenvalue weighted by Gasteiger charge is -2.53. The molecule has 1 saturated carbocycles. The molecule has 0 N–H and O–H groups in total. The van der Waals surface area contributed by atoms with Gasteiger partial charge in [-0.1, -0.05) is 60.6 Å². The van der Waals surface area contributed by atoms with Crippen molar-refractivity contribution < 1.29 is 18.4 Å². The van der Waals surface area contributed by atoms with Crippen LogP contribution in [-0.2, 0) is 18.4 Å². The molecule has 0 unspecified atom stereocenters. The Labute approximate surface area is 228 Å². The van der Waals surface area contributed by atoms with E-state index in [0.717, 1.165) is 49.0 Å². The van der Waals surface area contributed by atoms with Gasteiger partial charge < -0.3 is 13.6 Å². The SMILES string of the molecule is CC(C)(C)[Si](C)(C)OCC[C@@]12OC3=C(C=C1C=C[C@]1(C)[C@@H](O[Si](C)(C)C(C)(C)C)CC[C@H]12)C(=O)CCC3. The van der Waals surface area contributed by atoms with Gasteiger partial charge in [-0.25, -0.2) is 0 Å². The summed E-state index contributed by atoms with van der Waals surface area (Å²) in [5, 5.41) is 0.335.